The smallest absolute Gasteiger partial charge is 0.411 e. The van der Waals surface area contributed by atoms with Crippen LogP contribution >= 0.6 is 11.6 Å². The van der Waals surface area contributed by atoms with Gasteiger partial charge >= 0.3 is 12.1 Å². The number of hydrogen-bond acceptors (Lipinski definition) is 5. The first-order chi connectivity index (χ1) is 16.7. The number of β-amino-alcohol motifs (C(OH)–C–C–N with tert-alkyl or cyclic N) is 1. The van der Waals surface area contributed by atoms with Crippen molar-refractivity contribution in [2.75, 3.05) is 25.0 Å². The number of rotatable bonds is 5. The van der Waals surface area contributed by atoms with Crippen LogP contribution < -0.4 is 5.32 Å². The summed E-state index contributed by atoms with van der Waals surface area (Å²) in [5, 5.41) is 21.7. The van der Waals surface area contributed by atoms with Gasteiger partial charge in [0, 0.05) is 22.2 Å². The van der Waals surface area contributed by atoms with E-state index < -0.39 is 23.6 Å². The average molecular weight is 493 g/mol. The molecular weight excluding hydrogens is 472 g/mol. The molecule has 1 aliphatic carbocycles. The highest BCUT2D eigenvalue weighted by atomic mass is 35.5. The molecule has 1 fully saturated rings. The first-order valence-electron chi connectivity index (χ1n) is 10.9. The number of hydrogen-bond donors (Lipinski definition) is 3. The Morgan fingerprint density at radius 3 is 2.20 bits per heavy atom. The van der Waals surface area contributed by atoms with Crippen LogP contribution in [0.5, 0.6) is 0 Å². The van der Waals surface area contributed by atoms with E-state index in [1.807, 2.05) is 48.5 Å². The number of benzene rings is 3. The SMILES string of the molecule is O=C(Nc1cc(Cl)cc(C(=O)N2CC(O)(C(=O)O)C2)c1)OCC1c2ccccc2-c2ccccc21. The fraction of sp³-hybridized carbons (Fsp3) is 0.192. The molecule has 1 heterocycles. The van der Waals surface area contributed by atoms with Crippen molar-refractivity contribution in [2.45, 2.75) is 11.5 Å². The van der Waals surface area contributed by atoms with Gasteiger partial charge in [-0.1, -0.05) is 60.1 Å². The normalized spacial score (nSPS) is 15.5. The molecule has 0 aromatic heterocycles. The lowest BCUT2D eigenvalue weighted by Gasteiger charge is -2.43. The van der Waals surface area contributed by atoms with E-state index in [9.17, 15) is 19.5 Å². The molecule has 3 aromatic rings. The van der Waals surface area contributed by atoms with Crippen LogP contribution in [0.4, 0.5) is 10.5 Å². The van der Waals surface area contributed by atoms with Gasteiger partial charge in [0.15, 0.2) is 5.60 Å². The highest BCUT2D eigenvalue weighted by Gasteiger charge is 2.50. The predicted octanol–water partition coefficient (Wildman–Crippen LogP) is 3.97. The van der Waals surface area contributed by atoms with Crippen LogP contribution in [0.2, 0.25) is 5.02 Å². The van der Waals surface area contributed by atoms with E-state index in [-0.39, 0.29) is 41.9 Å². The van der Waals surface area contributed by atoms with Crippen molar-refractivity contribution in [3.05, 3.63) is 88.4 Å². The van der Waals surface area contributed by atoms with Gasteiger partial charge in [-0.15, -0.1) is 0 Å². The molecule has 2 aliphatic rings. The maximum Gasteiger partial charge on any atom is 0.411 e. The average Bonchev–Trinajstić information content (AvgIpc) is 3.13. The number of carbonyl (C=O) groups is 3. The second-order valence-corrected chi connectivity index (χ2v) is 9.11. The number of anilines is 1. The molecule has 8 nitrogen and oxygen atoms in total. The van der Waals surface area contributed by atoms with Gasteiger partial charge in [0.2, 0.25) is 0 Å². The number of fused-ring (bicyclic) bond motifs is 3. The minimum atomic E-state index is -1.95. The van der Waals surface area contributed by atoms with Crippen LogP contribution in [0.3, 0.4) is 0 Å². The van der Waals surface area contributed by atoms with Gasteiger partial charge in [-0.05, 0) is 40.5 Å². The highest BCUT2D eigenvalue weighted by Crippen LogP contribution is 2.44. The van der Waals surface area contributed by atoms with Gasteiger partial charge in [0.25, 0.3) is 5.91 Å². The Hall–Kier alpha value is -3.88. The molecule has 178 valence electrons. The standard InChI is InChI=1S/C26H21ClN2O6/c27-16-9-15(23(30)29-13-26(34,14-29)24(31)32)10-17(11-16)28-25(33)35-12-22-20-7-3-1-5-18(20)19-6-2-4-8-21(19)22/h1-11,22,34H,12-14H2,(H,28,33)(H,31,32). The van der Waals surface area contributed by atoms with Gasteiger partial charge in [0.1, 0.15) is 6.61 Å². The molecule has 0 bridgehead atoms. The Labute approximate surface area is 205 Å². The van der Waals surface area contributed by atoms with Crippen LogP contribution in [-0.2, 0) is 9.53 Å². The van der Waals surface area contributed by atoms with E-state index in [4.69, 9.17) is 21.4 Å². The molecular formula is C26H21ClN2O6. The monoisotopic (exact) mass is 492 g/mol. The summed E-state index contributed by atoms with van der Waals surface area (Å²) in [5.41, 5.74) is 2.88. The quantitative estimate of drug-likeness (QED) is 0.496. The summed E-state index contributed by atoms with van der Waals surface area (Å²) >= 11 is 6.14. The van der Waals surface area contributed by atoms with Crippen molar-refractivity contribution >= 4 is 35.3 Å². The first-order valence-corrected chi connectivity index (χ1v) is 11.3. The second kappa shape index (κ2) is 8.72. The van der Waals surface area contributed by atoms with Crippen LogP contribution in [0.25, 0.3) is 11.1 Å². The zero-order valence-corrected chi connectivity index (χ0v) is 19.2. The Balaban J connectivity index is 1.25. The fourth-order valence-electron chi connectivity index (χ4n) is 4.58. The number of carbonyl (C=O) groups excluding carboxylic acids is 2. The molecule has 0 saturated carbocycles. The van der Waals surface area contributed by atoms with Crippen LogP contribution in [-0.4, -0.2) is 58.4 Å². The number of halogens is 1. The third-order valence-corrected chi connectivity index (χ3v) is 6.54. The minimum Gasteiger partial charge on any atom is -0.479 e. The Bertz CT molecular complexity index is 1310. The van der Waals surface area contributed by atoms with E-state index in [0.717, 1.165) is 22.3 Å². The zero-order chi connectivity index (χ0) is 24.7. The lowest BCUT2D eigenvalue weighted by Crippen LogP contribution is -2.67. The molecule has 5 rings (SSSR count). The van der Waals surface area contributed by atoms with E-state index >= 15 is 0 Å². The topological polar surface area (TPSA) is 116 Å². The van der Waals surface area contributed by atoms with E-state index in [0.29, 0.717) is 0 Å². The number of aliphatic carboxylic acids is 1. The summed E-state index contributed by atoms with van der Waals surface area (Å²) in [6, 6.07) is 20.3. The number of nitrogens with one attached hydrogen (secondary N) is 1. The zero-order valence-electron chi connectivity index (χ0n) is 18.4. The van der Waals surface area contributed by atoms with Crippen molar-refractivity contribution in [1.82, 2.24) is 4.90 Å². The van der Waals surface area contributed by atoms with Crippen molar-refractivity contribution in [1.29, 1.82) is 0 Å². The maximum atomic E-state index is 12.7. The van der Waals surface area contributed by atoms with Gasteiger partial charge in [-0.3, -0.25) is 10.1 Å². The van der Waals surface area contributed by atoms with Crippen LogP contribution in [0.15, 0.2) is 66.7 Å². The lowest BCUT2D eigenvalue weighted by atomic mass is 9.93. The number of likely N-dealkylation sites (tertiary alicyclic amines) is 1. The molecule has 1 saturated heterocycles. The van der Waals surface area contributed by atoms with Crippen molar-refractivity contribution in [3.8, 4) is 11.1 Å². The van der Waals surface area contributed by atoms with Crippen molar-refractivity contribution in [3.63, 3.8) is 0 Å². The molecule has 35 heavy (non-hydrogen) atoms. The van der Waals surface area contributed by atoms with Crippen molar-refractivity contribution in [2.24, 2.45) is 0 Å². The molecule has 0 radical (unpaired) electrons. The molecule has 2 amide bonds. The maximum absolute atomic E-state index is 12.7. The summed E-state index contributed by atoms with van der Waals surface area (Å²) in [5.74, 6) is -1.98. The number of aliphatic hydroxyl groups is 1. The van der Waals surface area contributed by atoms with Gasteiger partial charge in [-0.25, -0.2) is 9.59 Å². The third kappa shape index (κ3) is 4.22. The Kier molecular flexibility index (Phi) is 5.70. The summed E-state index contributed by atoms with van der Waals surface area (Å²) in [4.78, 5) is 37.5. The molecule has 3 aromatic carbocycles. The lowest BCUT2D eigenvalue weighted by molar-refractivity contribution is -0.173. The van der Waals surface area contributed by atoms with E-state index in [2.05, 4.69) is 5.32 Å². The van der Waals surface area contributed by atoms with Gasteiger partial charge < -0.3 is 19.8 Å². The summed E-state index contributed by atoms with van der Waals surface area (Å²) in [7, 11) is 0. The van der Waals surface area contributed by atoms with Crippen LogP contribution in [0, 0.1) is 0 Å². The number of amides is 2. The van der Waals surface area contributed by atoms with Crippen LogP contribution in [0.1, 0.15) is 27.4 Å². The predicted molar refractivity (Wildman–Crippen MR) is 129 cm³/mol. The number of ether oxygens (including phenoxy) is 1. The molecule has 1 aliphatic heterocycles. The molecule has 0 atom stereocenters. The summed E-state index contributed by atoms with van der Waals surface area (Å²) in [6.07, 6.45) is -0.697. The molecule has 3 N–H and O–H groups in total. The van der Waals surface area contributed by atoms with Gasteiger partial charge in [0.05, 0.1) is 13.1 Å². The third-order valence-electron chi connectivity index (χ3n) is 6.32. The molecule has 0 spiro atoms. The molecule has 0 unspecified atom stereocenters. The largest absolute Gasteiger partial charge is 0.479 e. The number of carboxylic acids is 1. The molecule has 9 heteroatoms. The van der Waals surface area contributed by atoms with Crippen molar-refractivity contribution < 1.29 is 29.3 Å². The Morgan fingerprint density at radius 1 is 1.00 bits per heavy atom. The minimum absolute atomic E-state index is 0.0935. The Morgan fingerprint density at radius 2 is 1.60 bits per heavy atom. The number of nitrogens with zero attached hydrogens (tertiary/aromatic N) is 1. The van der Waals surface area contributed by atoms with E-state index in [1.165, 1.54) is 23.1 Å². The second-order valence-electron chi connectivity index (χ2n) is 8.68. The fourth-order valence-corrected chi connectivity index (χ4v) is 4.82. The van der Waals surface area contributed by atoms with Gasteiger partial charge in [-0.2, -0.15) is 0 Å². The number of carboxylic acid groups (broad SMARTS) is 1. The first kappa shape index (κ1) is 22.9. The highest BCUT2D eigenvalue weighted by molar-refractivity contribution is 6.31. The van der Waals surface area contributed by atoms with E-state index in [1.54, 1.807) is 0 Å². The summed E-state index contributed by atoms with van der Waals surface area (Å²) < 4.78 is 5.53. The summed E-state index contributed by atoms with van der Waals surface area (Å²) in [6.45, 7) is -0.528.